The van der Waals surface area contributed by atoms with Crippen molar-refractivity contribution in [3.05, 3.63) is 36.0 Å². The molecule has 0 fully saturated rings. The van der Waals surface area contributed by atoms with E-state index in [0.29, 0.717) is 6.42 Å². The molecule has 0 aromatic carbocycles. The molecule has 1 atom stereocenters. The highest BCUT2D eigenvalue weighted by Gasteiger charge is 2.14. The first-order chi connectivity index (χ1) is 14.5. The number of aliphatic hydroxyl groups is 2. The third-order valence-electron chi connectivity index (χ3n) is 4.32. The summed E-state index contributed by atoms with van der Waals surface area (Å²) < 4.78 is 4.61. The average molecular weight is 441 g/mol. The Morgan fingerprint density at radius 3 is 1.61 bits per heavy atom. The molecular formula is C24H40O7. The Labute approximate surface area is 186 Å². The zero-order valence-electron chi connectivity index (χ0n) is 19.3. The molecule has 0 aromatic heterocycles. The lowest BCUT2D eigenvalue weighted by atomic mass is 10.0. The summed E-state index contributed by atoms with van der Waals surface area (Å²) in [6.45, 7) is 11.3. The number of unbranched alkanes of at least 4 members (excludes halogenated alkanes) is 8. The van der Waals surface area contributed by atoms with Gasteiger partial charge in [-0.05, 0) is 39.7 Å². The van der Waals surface area contributed by atoms with Gasteiger partial charge in [0.2, 0.25) is 0 Å². The fourth-order valence-electron chi connectivity index (χ4n) is 2.39. The molecule has 0 bridgehead atoms. The Morgan fingerprint density at radius 1 is 0.806 bits per heavy atom. The third kappa shape index (κ3) is 20.8. The van der Waals surface area contributed by atoms with Gasteiger partial charge >= 0.3 is 17.9 Å². The summed E-state index contributed by atoms with van der Waals surface area (Å²) in [5.41, 5.74) is 0.565. The molecule has 7 heteroatoms. The first kappa shape index (κ1) is 30.9. The van der Waals surface area contributed by atoms with Crippen LogP contribution in [0, 0.1) is 0 Å². The number of aliphatic carboxylic acids is 1. The van der Waals surface area contributed by atoms with Gasteiger partial charge in [-0.3, -0.25) is 0 Å². The van der Waals surface area contributed by atoms with E-state index in [9.17, 15) is 19.5 Å². The summed E-state index contributed by atoms with van der Waals surface area (Å²) in [5.74, 6) is -2.42. The van der Waals surface area contributed by atoms with Crippen LogP contribution in [0.15, 0.2) is 36.0 Å². The molecule has 0 aliphatic carbocycles. The van der Waals surface area contributed by atoms with E-state index in [-0.39, 0.29) is 23.3 Å². The average Bonchev–Trinajstić information content (AvgIpc) is 2.69. The first-order valence-electron chi connectivity index (χ1n) is 10.8. The SMILES string of the molecule is C=C(C)C(=O)O.C=C(C)C(=O)OC(=O)C(C)=CC(O)CCCCCCCCCCCO. The van der Waals surface area contributed by atoms with Crippen LogP contribution >= 0.6 is 0 Å². The quantitative estimate of drug-likeness (QED) is 0.149. The number of rotatable bonds is 15. The van der Waals surface area contributed by atoms with Crippen molar-refractivity contribution in [2.45, 2.75) is 91.1 Å². The van der Waals surface area contributed by atoms with Crippen molar-refractivity contribution >= 4 is 17.9 Å². The number of ether oxygens (including phenoxy) is 1. The highest BCUT2D eigenvalue weighted by atomic mass is 16.6. The summed E-state index contributed by atoms with van der Waals surface area (Å²) in [7, 11) is 0. The number of carbonyl (C=O) groups is 3. The van der Waals surface area contributed by atoms with Crippen LogP contribution in [0.1, 0.15) is 85.0 Å². The van der Waals surface area contributed by atoms with Gasteiger partial charge in [-0.1, -0.05) is 64.5 Å². The van der Waals surface area contributed by atoms with Crippen LogP contribution in [-0.2, 0) is 19.1 Å². The minimum Gasteiger partial charge on any atom is -0.478 e. The maximum atomic E-state index is 11.7. The molecule has 0 spiro atoms. The van der Waals surface area contributed by atoms with Crippen LogP contribution in [-0.4, -0.2) is 45.9 Å². The molecule has 0 aromatic rings. The molecule has 0 rings (SSSR count). The van der Waals surface area contributed by atoms with Gasteiger partial charge in [0.05, 0.1) is 6.10 Å². The van der Waals surface area contributed by atoms with E-state index in [4.69, 9.17) is 10.2 Å². The molecule has 0 saturated heterocycles. The van der Waals surface area contributed by atoms with Crippen molar-refractivity contribution in [3.63, 3.8) is 0 Å². The summed E-state index contributed by atoms with van der Waals surface area (Å²) in [5, 5.41) is 26.5. The number of carbonyl (C=O) groups excluding carboxylic acids is 2. The monoisotopic (exact) mass is 440 g/mol. The zero-order valence-corrected chi connectivity index (χ0v) is 19.3. The highest BCUT2D eigenvalue weighted by molar-refractivity contribution is 6.01. The number of hydrogen-bond donors (Lipinski definition) is 3. The highest BCUT2D eigenvalue weighted by Crippen LogP contribution is 2.12. The topological polar surface area (TPSA) is 121 Å². The first-order valence-corrected chi connectivity index (χ1v) is 10.8. The van der Waals surface area contributed by atoms with Crippen LogP contribution in [0.25, 0.3) is 0 Å². The van der Waals surface area contributed by atoms with Crippen LogP contribution in [0.3, 0.4) is 0 Å². The third-order valence-corrected chi connectivity index (χ3v) is 4.32. The maximum Gasteiger partial charge on any atom is 0.341 e. The van der Waals surface area contributed by atoms with E-state index in [1.165, 1.54) is 52.5 Å². The van der Waals surface area contributed by atoms with E-state index in [1.807, 2.05) is 0 Å². The van der Waals surface area contributed by atoms with Crippen LogP contribution in [0.2, 0.25) is 0 Å². The fourth-order valence-corrected chi connectivity index (χ4v) is 2.39. The van der Waals surface area contributed by atoms with Gasteiger partial charge in [0.25, 0.3) is 0 Å². The number of carboxylic acids is 1. The lowest BCUT2D eigenvalue weighted by Crippen LogP contribution is -2.15. The lowest BCUT2D eigenvalue weighted by Gasteiger charge is -2.08. The lowest BCUT2D eigenvalue weighted by molar-refractivity contribution is -0.154. The van der Waals surface area contributed by atoms with E-state index < -0.39 is 24.0 Å². The van der Waals surface area contributed by atoms with Crippen molar-refractivity contribution in [1.82, 2.24) is 0 Å². The molecule has 0 heterocycles. The molecule has 0 amide bonds. The Kier molecular flexibility index (Phi) is 19.7. The largest absolute Gasteiger partial charge is 0.478 e. The predicted molar refractivity (Wildman–Crippen MR) is 121 cm³/mol. The smallest absolute Gasteiger partial charge is 0.341 e. The van der Waals surface area contributed by atoms with Crippen molar-refractivity contribution in [3.8, 4) is 0 Å². The Hall–Kier alpha value is -2.25. The van der Waals surface area contributed by atoms with Gasteiger partial charge in [-0.2, -0.15) is 0 Å². The molecule has 31 heavy (non-hydrogen) atoms. The normalized spacial score (nSPS) is 11.7. The number of aliphatic hydroxyl groups excluding tert-OH is 2. The molecule has 1 unspecified atom stereocenters. The zero-order chi connectivity index (χ0) is 24.2. The van der Waals surface area contributed by atoms with E-state index in [0.717, 1.165) is 32.1 Å². The molecule has 178 valence electrons. The summed E-state index contributed by atoms with van der Waals surface area (Å²) in [6.07, 6.45) is 11.3. The molecular weight excluding hydrogens is 400 g/mol. The van der Waals surface area contributed by atoms with Gasteiger partial charge < -0.3 is 20.1 Å². The van der Waals surface area contributed by atoms with Crippen LogP contribution in [0.5, 0.6) is 0 Å². The van der Waals surface area contributed by atoms with Crippen molar-refractivity contribution in [2.75, 3.05) is 6.61 Å². The Morgan fingerprint density at radius 2 is 1.23 bits per heavy atom. The van der Waals surface area contributed by atoms with Gasteiger partial charge in [-0.25, -0.2) is 14.4 Å². The molecule has 0 saturated carbocycles. The van der Waals surface area contributed by atoms with Crippen molar-refractivity contribution < 1.29 is 34.4 Å². The van der Waals surface area contributed by atoms with Crippen LogP contribution in [0.4, 0.5) is 0 Å². The molecule has 0 aliphatic heterocycles. The number of esters is 2. The molecule has 0 aliphatic rings. The number of carboxylic acid groups (broad SMARTS) is 1. The van der Waals surface area contributed by atoms with Gasteiger partial charge in [-0.15, -0.1) is 0 Å². The van der Waals surface area contributed by atoms with Crippen molar-refractivity contribution in [1.29, 1.82) is 0 Å². The molecule has 0 radical (unpaired) electrons. The molecule has 7 nitrogen and oxygen atoms in total. The Balaban J connectivity index is 0. The Bertz CT molecular complexity index is 593. The minimum absolute atomic E-state index is 0.162. The summed E-state index contributed by atoms with van der Waals surface area (Å²) in [6, 6.07) is 0. The van der Waals surface area contributed by atoms with Crippen LogP contribution < -0.4 is 0 Å². The standard InChI is InChI=1S/C20H34O5.C4H6O2/c1-16(2)19(23)25-20(24)17(3)15-18(22)13-11-9-7-5-4-6-8-10-12-14-21;1-3(2)4(5)6/h15,18,21-22H,1,4-14H2,2-3H3;1H2,2H3,(H,5,6). The van der Waals surface area contributed by atoms with Gasteiger partial charge in [0.1, 0.15) is 0 Å². The van der Waals surface area contributed by atoms with Gasteiger partial charge in [0, 0.05) is 23.3 Å². The second kappa shape index (κ2) is 19.7. The molecule has 3 N–H and O–H groups in total. The summed E-state index contributed by atoms with van der Waals surface area (Å²) >= 11 is 0. The predicted octanol–water partition coefficient (Wildman–Crippen LogP) is 4.48. The van der Waals surface area contributed by atoms with E-state index >= 15 is 0 Å². The maximum absolute atomic E-state index is 11.7. The van der Waals surface area contributed by atoms with E-state index in [1.54, 1.807) is 0 Å². The number of hydrogen-bond acceptors (Lipinski definition) is 6. The second-order valence-electron chi connectivity index (χ2n) is 7.65. The summed E-state index contributed by atoms with van der Waals surface area (Å²) in [4.78, 5) is 32.5. The van der Waals surface area contributed by atoms with E-state index in [2.05, 4.69) is 17.9 Å². The van der Waals surface area contributed by atoms with Gasteiger partial charge in [0.15, 0.2) is 0 Å². The minimum atomic E-state index is -0.935. The fraction of sp³-hybridized carbons (Fsp3) is 0.625. The second-order valence-corrected chi connectivity index (χ2v) is 7.65. The van der Waals surface area contributed by atoms with Crippen molar-refractivity contribution in [2.24, 2.45) is 0 Å².